The highest BCUT2D eigenvalue weighted by Crippen LogP contribution is 2.41. The Bertz CT molecular complexity index is 1430. The Kier molecular flexibility index (Phi) is 7.75. The number of carbonyl (C=O) groups excluding carboxylic acids is 1. The van der Waals surface area contributed by atoms with Crippen molar-refractivity contribution in [3.05, 3.63) is 54.1 Å². The van der Waals surface area contributed by atoms with Gasteiger partial charge in [0.15, 0.2) is 5.75 Å². The first kappa shape index (κ1) is 24.6. The largest absolute Gasteiger partial charge is 0.505 e. The summed E-state index contributed by atoms with van der Waals surface area (Å²) in [4.78, 5) is 11.1. The molecule has 32 heavy (non-hydrogen) atoms. The third-order valence-corrected chi connectivity index (χ3v) is 4.86. The summed E-state index contributed by atoms with van der Waals surface area (Å²) in [6, 6.07) is 12.6. The van der Waals surface area contributed by atoms with Gasteiger partial charge in [0.2, 0.25) is 5.91 Å². The predicted molar refractivity (Wildman–Crippen MR) is 115 cm³/mol. The van der Waals surface area contributed by atoms with E-state index < -0.39 is 31.5 Å². The fourth-order valence-electron chi connectivity index (χ4n) is 2.71. The van der Waals surface area contributed by atoms with E-state index in [-0.39, 0.29) is 22.5 Å². The van der Waals surface area contributed by atoms with Crippen LogP contribution in [0.4, 0.5) is 17.1 Å². The summed E-state index contributed by atoms with van der Waals surface area (Å²) in [5, 5.41) is 21.8. The number of fused-ring (bicyclic) bond motifs is 1. The van der Waals surface area contributed by atoms with Crippen molar-refractivity contribution in [3.63, 3.8) is 0 Å². The standard InChI is InChI=1S/C19H17N3O5S.O3S/c1-11-5-3-4-6-15(11)21-22-16-8-7-13-9-14(28(25,26)27)10-17(20-12(2)23)18(13)19(16)24;1-4(2)3/h3-10,24H,1-2H3,(H,20,23)(H,25,26,27);. The number of anilines is 1. The van der Waals surface area contributed by atoms with E-state index in [1.165, 1.54) is 25.1 Å². The highest BCUT2D eigenvalue weighted by Gasteiger charge is 2.18. The Balaban J connectivity index is 0.000000837. The van der Waals surface area contributed by atoms with Gasteiger partial charge in [0, 0.05) is 12.3 Å². The predicted octanol–water partition coefficient (Wildman–Crippen LogP) is 3.47. The molecule has 0 heterocycles. The molecule has 0 fully saturated rings. The number of hydrogen-bond acceptors (Lipinski definition) is 9. The number of phenols is 1. The molecule has 1 amide bonds. The summed E-state index contributed by atoms with van der Waals surface area (Å²) in [5.41, 5.74) is 1.71. The van der Waals surface area contributed by atoms with Gasteiger partial charge in [-0.2, -0.15) is 13.5 Å². The molecule has 0 spiro atoms. The van der Waals surface area contributed by atoms with Crippen molar-refractivity contribution in [1.29, 1.82) is 0 Å². The third kappa shape index (κ3) is 6.41. The van der Waals surface area contributed by atoms with Gasteiger partial charge in [0.1, 0.15) is 5.69 Å². The van der Waals surface area contributed by atoms with Gasteiger partial charge in [-0.05, 0) is 42.1 Å². The van der Waals surface area contributed by atoms with Crippen LogP contribution in [0.25, 0.3) is 10.8 Å². The number of azo groups is 1. The lowest BCUT2D eigenvalue weighted by Gasteiger charge is -2.12. The van der Waals surface area contributed by atoms with Crippen molar-refractivity contribution in [2.45, 2.75) is 18.7 Å². The summed E-state index contributed by atoms with van der Waals surface area (Å²) >= 11 is 0. The van der Waals surface area contributed by atoms with Gasteiger partial charge in [0.25, 0.3) is 10.1 Å². The fourth-order valence-corrected chi connectivity index (χ4v) is 3.25. The zero-order chi connectivity index (χ0) is 24.1. The van der Waals surface area contributed by atoms with Crippen molar-refractivity contribution in [3.8, 4) is 5.75 Å². The summed E-state index contributed by atoms with van der Waals surface area (Å²) in [5.74, 6) is -0.749. The molecule has 0 atom stereocenters. The van der Waals surface area contributed by atoms with Crippen LogP contribution in [0.1, 0.15) is 12.5 Å². The number of phenolic OH excluding ortho intramolecular Hbond substituents is 1. The normalized spacial score (nSPS) is 11.1. The van der Waals surface area contributed by atoms with E-state index in [1.54, 1.807) is 6.07 Å². The van der Waals surface area contributed by atoms with Crippen LogP contribution in [0, 0.1) is 6.92 Å². The van der Waals surface area contributed by atoms with Gasteiger partial charge < -0.3 is 10.4 Å². The Morgan fingerprint density at radius 2 is 1.59 bits per heavy atom. The van der Waals surface area contributed by atoms with Crippen LogP contribution in [0.3, 0.4) is 0 Å². The maximum absolute atomic E-state index is 11.5. The summed E-state index contributed by atoms with van der Waals surface area (Å²) in [6.07, 6.45) is 0. The van der Waals surface area contributed by atoms with Gasteiger partial charge in [-0.25, -0.2) is 0 Å². The molecule has 0 aliphatic heterocycles. The lowest BCUT2D eigenvalue weighted by molar-refractivity contribution is -0.114. The molecule has 0 saturated heterocycles. The van der Waals surface area contributed by atoms with Crippen molar-refractivity contribution in [1.82, 2.24) is 0 Å². The third-order valence-electron chi connectivity index (χ3n) is 4.03. The number of rotatable bonds is 4. The lowest BCUT2D eigenvalue weighted by atomic mass is 10.1. The highest BCUT2D eigenvalue weighted by molar-refractivity contribution is 7.85. The minimum atomic E-state index is -4.50. The van der Waals surface area contributed by atoms with Crippen LogP contribution in [0.5, 0.6) is 5.75 Å². The molecule has 11 nitrogen and oxygen atoms in total. The molecular weight excluding hydrogens is 462 g/mol. The zero-order valence-corrected chi connectivity index (χ0v) is 18.3. The Labute approximate surface area is 184 Å². The minimum Gasteiger partial charge on any atom is -0.505 e. The average molecular weight is 479 g/mol. The van der Waals surface area contributed by atoms with Crippen molar-refractivity contribution in [2.24, 2.45) is 10.2 Å². The molecule has 0 aromatic heterocycles. The first-order valence-corrected chi connectivity index (χ1v) is 11.1. The monoisotopic (exact) mass is 479 g/mol. The average Bonchev–Trinajstić information content (AvgIpc) is 2.66. The highest BCUT2D eigenvalue weighted by atomic mass is 32.2. The first-order valence-electron chi connectivity index (χ1n) is 8.69. The fraction of sp³-hybridized carbons (Fsp3) is 0.105. The molecule has 0 aliphatic carbocycles. The van der Waals surface area contributed by atoms with Gasteiger partial charge in [-0.3, -0.25) is 9.35 Å². The number of nitrogens with zero attached hydrogens (tertiary/aromatic N) is 2. The Morgan fingerprint density at radius 1 is 1.00 bits per heavy atom. The lowest BCUT2D eigenvalue weighted by Crippen LogP contribution is -2.08. The molecule has 3 rings (SSSR count). The van der Waals surface area contributed by atoms with Crippen LogP contribution in [-0.2, 0) is 25.5 Å². The molecular formula is C19H17N3O8S2. The molecule has 0 radical (unpaired) electrons. The van der Waals surface area contributed by atoms with E-state index in [2.05, 4.69) is 15.5 Å². The second-order valence-corrected chi connectivity index (χ2v) is 8.18. The second-order valence-electron chi connectivity index (χ2n) is 6.35. The Morgan fingerprint density at radius 3 is 2.16 bits per heavy atom. The maximum Gasteiger partial charge on any atom is 0.425 e. The van der Waals surface area contributed by atoms with Gasteiger partial charge in [-0.1, -0.05) is 24.3 Å². The van der Waals surface area contributed by atoms with Gasteiger partial charge >= 0.3 is 10.6 Å². The summed E-state index contributed by atoms with van der Waals surface area (Å²) in [7, 11) is -7.61. The van der Waals surface area contributed by atoms with E-state index in [1.807, 2.05) is 25.1 Å². The van der Waals surface area contributed by atoms with Crippen molar-refractivity contribution >= 4 is 54.5 Å². The van der Waals surface area contributed by atoms with Crippen LogP contribution in [-0.4, -0.2) is 36.6 Å². The topological polar surface area (TPSA) is 180 Å². The molecule has 0 aliphatic rings. The summed E-state index contributed by atoms with van der Waals surface area (Å²) in [6.45, 7) is 3.12. The van der Waals surface area contributed by atoms with Gasteiger partial charge in [0.05, 0.1) is 16.3 Å². The van der Waals surface area contributed by atoms with E-state index in [0.29, 0.717) is 11.1 Å². The van der Waals surface area contributed by atoms with E-state index in [0.717, 1.165) is 11.6 Å². The van der Waals surface area contributed by atoms with Gasteiger partial charge in [-0.15, -0.1) is 17.7 Å². The van der Waals surface area contributed by atoms with E-state index >= 15 is 0 Å². The summed E-state index contributed by atoms with van der Waals surface area (Å²) < 4.78 is 57.7. The van der Waals surface area contributed by atoms with Crippen LogP contribution in [0.2, 0.25) is 0 Å². The second kappa shape index (κ2) is 10.1. The molecule has 3 aromatic carbocycles. The smallest absolute Gasteiger partial charge is 0.425 e. The molecule has 0 saturated carbocycles. The maximum atomic E-state index is 11.5. The van der Waals surface area contributed by atoms with E-state index in [4.69, 9.17) is 12.6 Å². The molecule has 0 unspecified atom stereocenters. The van der Waals surface area contributed by atoms with Crippen molar-refractivity contribution < 1.29 is 35.5 Å². The molecule has 3 N–H and O–H groups in total. The number of amides is 1. The molecule has 3 aromatic rings. The number of aromatic hydroxyl groups is 1. The Hall–Kier alpha value is -3.68. The van der Waals surface area contributed by atoms with Crippen LogP contribution in [0.15, 0.2) is 63.7 Å². The number of carbonyl (C=O) groups is 1. The number of benzene rings is 3. The number of nitrogens with one attached hydrogen (secondary N) is 1. The quantitative estimate of drug-likeness (QED) is 0.376. The number of aryl methyl sites for hydroxylation is 1. The van der Waals surface area contributed by atoms with E-state index in [9.17, 15) is 22.9 Å². The number of hydrogen-bond donors (Lipinski definition) is 3. The van der Waals surface area contributed by atoms with Crippen LogP contribution >= 0.6 is 0 Å². The molecule has 0 bridgehead atoms. The SMILES string of the molecule is CC(=O)Nc1cc(S(=O)(=O)O)cc2ccc(N=Nc3ccccc3C)c(O)c12.O=S(=O)=O. The van der Waals surface area contributed by atoms with Crippen LogP contribution < -0.4 is 5.32 Å². The van der Waals surface area contributed by atoms with Crippen molar-refractivity contribution in [2.75, 3.05) is 5.32 Å². The first-order chi connectivity index (χ1) is 14.9. The molecule has 13 heteroatoms. The molecule has 168 valence electrons. The minimum absolute atomic E-state index is 0.0306. The zero-order valence-electron chi connectivity index (χ0n) is 16.7.